The average Bonchev–Trinajstić information content (AvgIpc) is 2.86. The molecule has 1 aromatic heterocycles. The van der Waals surface area contributed by atoms with E-state index < -0.39 is 5.82 Å². The first-order valence-corrected chi connectivity index (χ1v) is 6.54. The van der Waals surface area contributed by atoms with Crippen LogP contribution in [0, 0.1) is 12.7 Å². The van der Waals surface area contributed by atoms with Gasteiger partial charge in [-0.2, -0.15) is 4.68 Å². The van der Waals surface area contributed by atoms with E-state index in [9.17, 15) is 4.39 Å². The molecule has 0 saturated carbocycles. The van der Waals surface area contributed by atoms with Crippen LogP contribution in [0.15, 0.2) is 36.4 Å². The second kappa shape index (κ2) is 5.14. The number of hydrogen-bond donors (Lipinski definition) is 1. The van der Waals surface area contributed by atoms with E-state index >= 15 is 0 Å². The number of aryl methyl sites for hydroxylation is 1. The maximum absolute atomic E-state index is 13.5. The third-order valence-corrected chi connectivity index (χ3v) is 3.31. The summed E-state index contributed by atoms with van der Waals surface area (Å²) in [5, 5.41) is 11.8. The average molecular weight is 304 g/mol. The number of rotatable bonds is 2. The summed E-state index contributed by atoms with van der Waals surface area (Å²) in [6.07, 6.45) is 0. The van der Waals surface area contributed by atoms with E-state index in [0.717, 1.165) is 5.56 Å². The van der Waals surface area contributed by atoms with Crippen LogP contribution in [0.2, 0.25) is 5.02 Å². The largest absolute Gasteiger partial charge is 0.398 e. The van der Waals surface area contributed by atoms with E-state index in [0.29, 0.717) is 22.8 Å². The number of halogens is 2. The molecule has 0 spiro atoms. The van der Waals surface area contributed by atoms with Crippen molar-refractivity contribution in [3.8, 4) is 17.1 Å². The third-order valence-electron chi connectivity index (χ3n) is 3.09. The number of nitrogens with zero attached hydrogens (tertiary/aromatic N) is 4. The summed E-state index contributed by atoms with van der Waals surface area (Å²) in [6, 6.07) is 9.63. The van der Waals surface area contributed by atoms with Crippen molar-refractivity contribution < 1.29 is 4.39 Å². The maximum atomic E-state index is 13.5. The molecule has 7 heteroatoms. The second-order valence-electron chi connectivity index (χ2n) is 4.58. The predicted molar refractivity (Wildman–Crippen MR) is 78.7 cm³/mol. The maximum Gasteiger partial charge on any atom is 0.189 e. The molecule has 0 saturated heterocycles. The molecule has 106 valence electrons. The van der Waals surface area contributed by atoms with Gasteiger partial charge in [-0.15, -0.1) is 5.10 Å². The zero-order valence-electron chi connectivity index (χ0n) is 11.1. The molecule has 0 bridgehead atoms. The Morgan fingerprint density at radius 2 is 2.05 bits per heavy atom. The van der Waals surface area contributed by atoms with Crippen molar-refractivity contribution in [3.63, 3.8) is 0 Å². The second-order valence-corrected chi connectivity index (χ2v) is 5.02. The lowest BCUT2D eigenvalue weighted by Gasteiger charge is -2.10. The number of aromatic nitrogens is 4. The Hall–Kier alpha value is -2.47. The van der Waals surface area contributed by atoms with Crippen molar-refractivity contribution in [1.29, 1.82) is 0 Å². The summed E-state index contributed by atoms with van der Waals surface area (Å²) < 4.78 is 14.9. The van der Waals surface area contributed by atoms with E-state index in [-0.39, 0.29) is 5.02 Å². The van der Waals surface area contributed by atoms with Gasteiger partial charge in [0.2, 0.25) is 0 Å². The summed E-state index contributed by atoms with van der Waals surface area (Å²) >= 11 is 5.88. The van der Waals surface area contributed by atoms with Crippen LogP contribution in [0.25, 0.3) is 17.1 Å². The molecule has 21 heavy (non-hydrogen) atoms. The van der Waals surface area contributed by atoms with Crippen molar-refractivity contribution in [2.75, 3.05) is 5.73 Å². The lowest BCUT2D eigenvalue weighted by atomic mass is 10.1. The molecule has 0 aliphatic heterocycles. The fourth-order valence-electron chi connectivity index (χ4n) is 2.17. The van der Waals surface area contributed by atoms with Gasteiger partial charge in [0, 0.05) is 16.3 Å². The van der Waals surface area contributed by atoms with Crippen LogP contribution in [-0.4, -0.2) is 20.2 Å². The molecule has 2 N–H and O–H groups in total. The minimum atomic E-state index is -0.461. The summed E-state index contributed by atoms with van der Waals surface area (Å²) in [4.78, 5) is 0. The fraction of sp³-hybridized carbons (Fsp3) is 0.0714. The predicted octanol–water partition coefficient (Wildman–Crippen LogP) is 3.01. The van der Waals surface area contributed by atoms with Gasteiger partial charge in [0.05, 0.1) is 5.69 Å². The van der Waals surface area contributed by atoms with Crippen LogP contribution < -0.4 is 5.73 Å². The van der Waals surface area contributed by atoms with Gasteiger partial charge < -0.3 is 5.73 Å². The first-order chi connectivity index (χ1) is 10.1. The zero-order valence-corrected chi connectivity index (χ0v) is 11.8. The van der Waals surface area contributed by atoms with E-state index in [1.807, 2.05) is 19.1 Å². The van der Waals surface area contributed by atoms with Gasteiger partial charge in [-0.25, -0.2) is 4.39 Å². The molecule has 0 amide bonds. The van der Waals surface area contributed by atoms with Crippen LogP contribution >= 0.6 is 11.6 Å². The number of anilines is 1. The Bertz CT molecular complexity index is 774. The lowest BCUT2D eigenvalue weighted by Crippen LogP contribution is -2.03. The highest BCUT2D eigenvalue weighted by molar-refractivity contribution is 6.30. The minimum absolute atomic E-state index is 0.268. The third kappa shape index (κ3) is 2.45. The standard InChI is InChI=1S/C14H11ClFN5/c1-8-3-2-4-12(17)13(8)14-18-19-20-21(14)11-6-9(15)5-10(16)7-11/h2-7H,17H2,1H3. The molecule has 0 radical (unpaired) electrons. The Balaban J connectivity index is 2.22. The van der Waals surface area contributed by atoms with Crippen molar-refractivity contribution in [2.45, 2.75) is 6.92 Å². The molecule has 2 aromatic carbocycles. The van der Waals surface area contributed by atoms with Crippen LogP contribution in [0.3, 0.4) is 0 Å². The molecule has 0 aliphatic rings. The summed E-state index contributed by atoms with van der Waals surface area (Å²) in [6.45, 7) is 1.91. The smallest absolute Gasteiger partial charge is 0.189 e. The molecular formula is C14H11ClFN5. The van der Waals surface area contributed by atoms with Crippen molar-refractivity contribution in [3.05, 3.63) is 52.8 Å². The number of nitrogen functional groups attached to an aromatic ring is 1. The van der Waals surface area contributed by atoms with E-state index in [1.165, 1.54) is 16.8 Å². The molecule has 5 nitrogen and oxygen atoms in total. The minimum Gasteiger partial charge on any atom is -0.398 e. The summed E-state index contributed by atoms with van der Waals surface area (Å²) in [5.74, 6) is -0.0241. The van der Waals surface area contributed by atoms with Crippen LogP contribution in [0.5, 0.6) is 0 Å². The van der Waals surface area contributed by atoms with E-state index in [4.69, 9.17) is 17.3 Å². The Morgan fingerprint density at radius 1 is 1.24 bits per heavy atom. The molecule has 0 aliphatic carbocycles. The molecule has 3 aromatic rings. The monoisotopic (exact) mass is 303 g/mol. The molecule has 0 unspecified atom stereocenters. The van der Waals surface area contributed by atoms with Gasteiger partial charge in [0.1, 0.15) is 5.82 Å². The lowest BCUT2D eigenvalue weighted by molar-refractivity contribution is 0.625. The highest BCUT2D eigenvalue weighted by Crippen LogP contribution is 2.29. The quantitative estimate of drug-likeness (QED) is 0.739. The van der Waals surface area contributed by atoms with E-state index in [2.05, 4.69) is 15.5 Å². The van der Waals surface area contributed by atoms with Crippen molar-refractivity contribution in [2.24, 2.45) is 0 Å². The SMILES string of the molecule is Cc1cccc(N)c1-c1nnnn1-c1cc(F)cc(Cl)c1. The summed E-state index contributed by atoms with van der Waals surface area (Å²) in [5.41, 5.74) is 8.63. The Kier molecular flexibility index (Phi) is 3.31. The van der Waals surface area contributed by atoms with Gasteiger partial charge in [0.25, 0.3) is 0 Å². The van der Waals surface area contributed by atoms with Gasteiger partial charge in [-0.3, -0.25) is 0 Å². The van der Waals surface area contributed by atoms with Crippen LogP contribution in [-0.2, 0) is 0 Å². The van der Waals surface area contributed by atoms with Gasteiger partial charge >= 0.3 is 0 Å². The fourth-order valence-corrected chi connectivity index (χ4v) is 2.39. The van der Waals surface area contributed by atoms with Gasteiger partial charge in [-0.05, 0) is 47.2 Å². The van der Waals surface area contributed by atoms with Crippen molar-refractivity contribution in [1.82, 2.24) is 20.2 Å². The molecule has 1 heterocycles. The highest BCUT2D eigenvalue weighted by Gasteiger charge is 2.16. The highest BCUT2D eigenvalue weighted by atomic mass is 35.5. The summed E-state index contributed by atoms with van der Waals surface area (Å²) in [7, 11) is 0. The number of benzene rings is 2. The van der Waals surface area contributed by atoms with Crippen LogP contribution in [0.4, 0.5) is 10.1 Å². The Labute approximate surface area is 125 Å². The molecular weight excluding hydrogens is 293 g/mol. The first kappa shape index (κ1) is 13.5. The van der Waals surface area contributed by atoms with Crippen molar-refractivity contribution >= 4 is 17.3 Å². The first-order valence-electron chi connectivity index (χ1n) is 6.16. The number of tetrazole rings is 1. The molecule has 0 fully saturated rings. The Morgan fingerprint density at radius 3 is 2.76 bits per heavy atom. The van der Waals surface area contributed by atoms with E-state index in [1.54, 1.807) is 12.1 Å². The molecule has 3 rings (SSSR count). The zero-order chi connectivity index (χ0) is 15.0. The van der Waals surface area contributed by atoms with Gasteiger partial charge in [0.15, 0.2) is 5.82 Å². The molecule has 0 atom stereocenters. The normalized spacial score (nSPS) is 10.8. The van der Waals surface area contributed by atoms with Crippen LogP contribution in [0.1, 0.15) is 5.56 Å². The number of nitrogens with two attached hydrogens (primary N) is 1. The topological polar surface area (TPSA) is 69.6 Å². The van der Waals surface area contributed by atoms with Gasteiger partial charge in [-0.1, -0.05) is 23.7 Å². The number of hydrogen-bond acceptors (Lipinski definition) is 4.